The molecule has 0 atom stereocenters. The SMILES string of the molecule is CCNCc1cc(S(=O)(=O)N(C)CCS(C)(=O)=O)c(Br)s1. The highest BCUT2D eigenvalue weighted by Crippen LogP contribution is 2.33. The van der Waals surface area contributed by atoms with Crippen LogP contribution >= 0.6 is 27.3 Å². The summed E-state index contributed by atoms with van der Waals surface area (Å²) >= 11 is 4.62. The molecule has 1 aromatic rings. The molecular formula is C11H19BrN2O4S3. The van der Waals surface area contributed by atoms with Crippen molar-refractivity contribution >= 4 is 47.1 Å². The van der Waals surface area contributed by atoms with Gasteiger partial charge in [-0.2, -0.15) is 4.31 Å². The third-order valence-electron chi connectivity index (χ3n) is 2.72. The summed E-state index contributed by atoms with van der Waals surface area (Å²) in [5.74, 6) is -0.200. The van der Waals surface area contributed by atoms with Crippen molar-refractivity contribution in [2.24, 2.45) is 0 Å². The first kappa shape index (κ1) is 19.0. The van der Waals surface area contributed by atoms with Gasteiger partial charge in [0.2, 0.25) is 10.0 Å². The molecular weight excluding hydrogens is 400 g/mol. The standard InChI is InChI=1S/C11H19BrN2O4S3/c1-4-13-8-9-7-10(11(12)19-9)21(17,18)14(2)5-6-20(3,15)16/h7,13H,4-6,8H2,1-3H3. The largest absolute Gasteiger partial charge is 0.312 e. The predicted molar refractivity (Wildman–Crippen MR) is 88.9 cm³/mol. The summed E-state index contributed by atoms with van der Waals surface area (Å²) in [6, 6.07) is 1.61. The quantitative estimate of drug-likeness (QED) is 0.687. The molecule has 0 saturated carbocycles. The van der Waals surface area contributed by atoms with E-state index in [-0.39, 0.29) is 17.2 Å². The zero-order valence-electron chi connectivity index (χ0n) is 12.1. The van der Waals surface area contributed by atoms with E-state index in [9.17, 15) is 16.8 Å². The van der Waals surface area contributed by atoms with Gasteiger partial charge in [0.15, 0.2) is 0 Å². The molecule has 0 spiro atoms. The first-order chi connectivity index (χ1) is 9.58. The van der Waals surface area contributed by atoms with E-state index in [2.05, 4.69) is 21.2 Å². The lowest BCUT2D eigenvalue weighted by Crippen LogP contribution is -2.31. The van der Waals surface area contributed by atoms with E-state index < -0.39 is 19.9 Å². The first-order valence-electron chi connectivity index (χ1n) is 6.21. The van der Waals surface area contributed by atoms with Crippen molar-refractivity contribution in [3.8, 4) is 0 Å². The van der Waals surface area contributed by atoms with E-state index >= 15 is 0 Å². The molecule has 0 bridgehead atoms. The molecule has 0 amide bonds. The fraction of sp³-hybridized carbons (Fsp3) is 0.636. The molecule has 122 valence electrons. The molecule has 0 aliphatic carbocycles. The maximum atomic E-state index is 12.4. The van der Waals surface area contributed by atoms with Crippen LogP contribution in [0.1, 0.15) is 11.8 Å². The second-order valence-electron chi connectivity index (χ2n) is 4.59. The molecule has 0 unspecified atom stereocenters. The van der Waals surface area contributed by atoms with Crippen LogP contribution in [0.4, 0.5) is 0 Å². The Morgan fingerprint density at radius 3 is 2.48 bits per heavy atom. The van der Waals surface area contributed by atoms with Crippen LogP contribution in [0, 0.1) is 0 Å². The number of hydrogen-bond acceptors (Lipinski definition) is 6. The van der Waals surface area contributed by atoms with E-state index in [1.165, 1.54) is 18.4 Å². The normalized spacial score (nSPS) is 13.0. The minimum atomic E-state index is -3.69. The molecule has 0 aliphatic rings. The Morgan fingerprint density at radius 2 is 1.95 bits per heavy atom. The van der Waals surface area contributed by atoms with E-state index in [0.717, 1.165) is 22.0 Å². The van der Waals surface area contributed by atoms with Gasteiger partial charge in [-0.1, -0.05) is 6.92 Å². The molecule has 10 heteroatoms. The monoisotopic (exact) mass is 418 g/mol. The lowest BCUT2D eigenvalue weighted by molar-refractivity contribution is 0.484. The van der Waals surface area contributed by atoms with Gasteiger partial charge in [-0.3, -0.25) is 0 Å². The molecule has 6 nitrogen and oxygen atoms in total. The molecule has 0 aromatic carbocycles. The molecule has 0 fully saturated rings. The van der Waals surface area contributed by atoms with Crippen molar-refractivity contribution in [3.05, 3.63) is 14.7 Å². The summed E-state index contributed by atoms with van der Waals surface area (Å²) < 4.78 is 48.8. The smallest absolute Gasteiger partial charge is 0.244 e. The number of thiophene rings is 1. The first-order valence-corrected chi connectivity index (χ1v) is 11.3. The van der Waals surface area contributed by atoms with Crippen LogP contribution in [0.3, 0.4) is 0 Å². The van der Waals surface area contributed by atoms with Crippen LogP contribution in [0.5, 0.6) is 0 Å². The summed E-state index contributed by atoms with van der Waals surface area (Å²) in [5, 5.41) is 3.13. The molecule has 1 heterocycles. The number of halogens is 1. The fourth-order valence-corrected chi connectivity index (χ4v) is 5.98. The number of nitrogens with one attached hydrogen (secondary N) is 1. The average Bonchev–Trinajstić information content (AvgIpc) is 2.74. The van der Waals surface area contributed by atoms with Crippen molar-refractivity contribution in [2.45, 2.75) is 18.4 Å². The number of sulfone groups is 1. The molecule has 0 radical (unpaired) electrons. The molecule has 21 heavy (non-hydrogen) atoms. The van der Waals surface area contributed by atoms with E-state index in [4.69, 9.17) is 0 Å². The maximum absolute atomic E-state index is 12.4. The highest BCUT2D eigenvalue weighted by atomic mass is 79.9. The van der Waals surface area contributed by atoms with Gasteiger partial charge in [-0.25, -0.2) is 16.8 Å². The summed E-state index contributed by atoms with van der Waals surface area (Å²) in [4.78, 5) is 1.08. The number of hydrogen-bond donors (Lipinski definition) is 1. The van der Waals surface area contributed by atoms with Crippen LogP contribution in [-0.2, 0) is 26.4 Å². The van der Waals surface area contributed by atoms with Crippen LogP contribution in [0.15, 0.2) is 14.7 Å². The van der Waals surface area contributed by atoms with Crippen molar-refractivity contribution in [3.63, 3.8) is 0 Å². The van der Waals surface area contributed by atoms with Crippen molar-refractivity contribution in [1.82, 2.24) is 9.62 Å². The van der Waals surface area contributed by atoms with Crippen molar-refractivity contribution < 1.29 is 16.8 Å². The number of rotatable bonds is 8. The van der Waals surface area contributed by atoms with Crippen LogP contribution < -0.4 is 5.32 Å². The summed E-state index contributed by atoms with van der Waals surface area (Å²) in [7, 11) is -5.51. The minimum Gasteiger partial charge on any atom is -0.312 e. The van der Waals surface area contributed by atoms with Gasteiger partial charge in [-0.15, -0.1) is 11.3 Å². The summed E-state index contributed by atoms with van der Waals surface area (Å²) in [6.07, 6.45) is 1.09. The molecule has 1 aromatic heterocycles. The zero-order chi connectivity index (χ0) is 16.3. The Kier molecular flexibility index (Phi) is 6.81. The lowest BCUT2D eigenvalue weighted by Gasteiger charge is -2.16. The van der Waals surface area contributed by atoms with Gasteiger partial charge in [-0.05, 0) is 28.5 Å². The molecule has 1 N–H and O–H groups in total. The Morgan fingerprint density at radius 1 is 1.33 bits per heavy atom. The van der Waals surface area contributed by atoms with Gasteiger partial charge in [0.25, 0.3) is 0 Å². The zero-order valence-corrected chi connectivity index (χ0v) is 16.1. The molecule has 0 aliphatic heterocycles. The Bertz CT molecular complexity index is 682. The van der Waals surface area contributed by atoms with Crippen LogP contribution in [-0.4, -0.2) is 53.3 Å². The van der Waals surface area contributed by atoms with E-state index in [1.807, 2.05) is 6.92 Å². The minimum absolute atomic E-state index is 0.0635. The van der Waals surface area contributed by atoms with Crippen molar-refractivity contribution in [2.75, 3.05) is 32.1 Å². The second kappa shape index (κ2) is 7.51. The third-order valence-corrected chi connectivity index (χ3v) is 7.75. The second-order valence-corrected chi connectivity index (χ2v) is 11.3. The highest BCUT2D eigenvalue weighted by molar-refractivity contribution is 9.11. The molecule has 0 saturated heterocycles. The topological polar surface area (TPSA) is 83.6 Å². The number of sulfonamides is 1. The molecule has 1 rings (SSSR count). The van der Waals surface area contributed by atoms with Gasteiger partial charge >= 0.3 is 0 Å². The van der Waals surface area contributed by atoms with Gasteiger partial charge in [0, 0.05) is 31.3 Å². The maximum Gasteiger partial charge on any atom is 0.244 e. The summed E-state index contributed by atoms with van der Waals surface area (Å²) in [5.41, 5.74) is 0. The van der Waals surface area contributed by atoms with E-state index in [1.54, 1.807) is 6.07 Å². The highest BCUT2D eigenvalue weighted by Gasteiger charge is 2.26. The van der Waals surface area contributed by atoms with Crippen molar-refractivity contribution in [1.29, 1.82) is 0 Å². The number of nitrogens with zero attached hydrogens (tertiary/aromatic N) is 1. The lowest BCUT2D eigenvalue weighted by atomic mass is 10.4. The summed E-state index contributed by atoms with van der Waals surface area (Å²) in [6.45, 7) is 3.31. The van der Waals surface area contributed by atoms with Gasteiger partial charge in [0.05, 0.1) is 9.54 Å². The average molecular weight is 419 g/mol. The van der Waals surface area contributed by atoms with Gasteiger partial charge < -0.3 is 5.32 Å². The fourth-order valence-electron chi connectivity index (χ4n) is 1.49. The third kappa shape index (κ3) is 5.61. The van der Waals surface area contributed by atoms with Crippen LogP contribution in [0.25, 0.3) is 0 Å². The van der Waals surface area contributed by atoms with Crippen LogP contribution in [0.2, 0.25) is 0 Å². The Hall–Kier alpha value is -0.000000000000000194. The Balaban J connectivity index is 2.94. The Labute approximate surface area is 138 Å². The van der Waals surface area contributed by atoms with Gasteiger partial charge in [0.1, 0.15) is 14.7 Å². The van der Waals surface area contributed by atoms with E-state index in [0.29, 0.717) is 10.3 Å². The predicted octanol–water partition coefficient (Wildman–Crippen LogP) is 1.29.